The minimum absolute atomic E-state index is 0.0737. The highest BCUT2D eigenvalue weighted by atomic mass is 16.5. The van der Waals surface area contributed by atoms with E-state index in [1.807, 2.05) is 19.1 Å². The lowest BCUT2D eigenvalue weighted by Crippen LogP contribution is -2.38. The standard InChI is InChI=1S/C13H17NO3/c1-2-17-9-12(16)14-8-4-6-10-5-3-7-11(15)13(10)14/h3,5,7,15H,2,4,6,8-9H2,1H3. The highest BCUT2D eigenvalue weighted by Crippen LogP contribution is 2.35. The normalized spacial score (nSPS) is 14.5. The van der Waals surface area contributed by atoms with E-state index in [1.165, 1.54) is 0 Å². The van der Waals surface area contributed by atoms with Gasteiger partial charge < -0.3 is 14.7 Å². The zero-order valence-electron chi connectivity index (χ0n) is 9.98. The Hall–Kier alpha value is -1.55. The van der Waals surface area contributed by atoms with E-state index in [1.54, 1.807) is 11.0 Å². The molecule has 0 unspecified atom stereocenters. The van der Waals surface area contributed by atoms with Gasteiger partial charge in [-0.1, -0.05) is 12.1 Å². The van der Waals surface area contributed by atoms with Crippen molar-refractivity contribution in [1.29, 1.82) is 0 Å². The van der Waals surface area contributed by atoms with E-state index in [0.29, 0.717) is 18.8 Å². The van der Waals surface area contributed by atoms with Gasteiger partial charge in [-0.15, -0.1) is 0 Å². The number of phenolic OH excluding ortho intramolecular Hbond substituents is 1. The van der Waals surface area contributed by atoms with E-state index in [9.17, 15) is 9.90 Å². The van der Waals surface area contributed by atoms with E-state index in [0.717, 1.165) is 18.4 Å². The number of hydrogen-bond donors (Lipinski definition) is 1. The molecule has 4 heteroatoms. The molecule has 17 heavy (non-hydrogen) atoms. The van der Waals surface area contributed by atoms with Gasteiger partial charge in [-0.3, -0.25) is 4.79 Å². The molecule has 0 saturated heterocycles. The van der Waals surface area contributed by atoms with Crippen molar-refractivity contribution in [1.82, 2.24) is 0 Å². The number of amides is 1. The van der Waals surface area contributed by atoms with E-state index in [-0.39, 0.29) is 18.3 Å². The summed E-state index contributed by atoms with van der Waals surface area (Å²) in [6.07, 6.45) is 1.83. The second-order valence-electron chi connectivity index (χ2n) is 4.07. The fourth-order valence-corrected chi connectivity index (χ4v) is 2.15. The number of rotatable bonds is 3. The molecular weight excluding hydrogens is 218 g/mol. The van der Waals surface area contributed by atoms with Crippen LogP contribution in [0.3, 0.4) is 0 Å². The topological polar surface area (TPSA) is 49.8 Å². The molecule has 0 aliphatic carbocycles. The Labute approximate surface area is 101 Å². The van der Waals surface area contributed by atoms with Gasteiger partial charge in [-0.05, 0) is 31.4 Å². The molecule has 0 spiro atoms. The number of fused-ring (bicyclic) bond motifs is 1. The molecule has 1 heterocycles. The Morgan fingerprint density at radius 3 is 3.12 bits per heavy atom. The average molecular weight is 235 g/mol. The van der Waals surface area contributed by atoms with Crippen LogP contribution < -0.4 is 4.90 Å². The summed E-state index contributed by atoms with van der Waals surface area (Å²) in [5, 5.41) is 9.87. The van der Waals surface area contributed by atoms with Gasteiger partial charge in [0.05, 0.1) is 5.69 Å². The Kier molecular flexibility index (Phi) is 3.64. The van der Waals surface area contributed by atoms with Crippen molar-refractivity contribution in [3.05, 3.63) is 23.8 Å². The SMILES string of the molecule is CCOCC(=O)N1CCCc2cccc(O)c21. The first-order valence-electron chi connectivity index (χ1n) is 5.93. The maximum Gasteiger partial charge on any atom is 0.253 e. The number of aromatic hydroxyl groups is 1. The number of anilines is 1. The van der Waals surface area contributed by atoms with Crippen LogP contribution in [0.1, 0.15) is 18.9 Å². The molecule has 0 fully saturated rings. The number of hydrogen-bond acceptors (Lipinski definition) is 3. The fourth-order valence-electron chi connectivity index (χ4n) is 2.15. The highest BCUT2D eigenvalue weighted by molar-refractivity contribution is 5.97. The molecule has 0 aromatic heterocycles. The minimum Gasteiger partial charge on any atom is -0.506 e. The monoisotopic (exact) mass is 235 g/mol. The van der Waals surface area contributed by atoms with Gasteiger partial charge in [-0.25, -0.2) is 0 Å². The summed E-state index contributed by atoms with van der Waals surface area (Å²) in [6, 6.07) is 5.38. The minimum atomic E-state index is -0.0886. The first-order valence-corrected chi connectivity index (χ1v) is 5.93. The van der Waals surface area contributed by atoms with Crippen LogP contribution in [0.5, 0.6) is 5.75 Å². The molecular formula is C13H17NO3. The van der Waals surface area contributed by atoms with Crippen LogP contribution in [0, 0.1) is 0 Å². The van der Waals surface area contributed by atoms with Crippen molar-refractivity contribution in [2.24, 2.45) is 0 Å². The predicted octanol–water partition coefficient (Wildman–Crippen LogP) is 1.71. The van der Waals surface area contributed by atoms with Crippen LogP contribution in [0.15, 0.2) is 18.2 Å². The number of carbonyl (C=O) groups is 1. The summed E-state index contributed by atoms with van der Waals surface area (Å²) in [4.78, 5) is 13.6. The van der Waals surface area contributed by atoms with Crippen LogP contribution in [-0.2, 0) is 16.0 Å². The number of benzene rings is 1. The first kappa shape index (κ1) is 11.9. The smallest absolute Gasteiger partial charge is 0.253 e. The molecule has 1 amide bonds. The predicted molar refractivity (Wildman–Crippen MR) is 65.3 cm³/mol. The zero-order valence-corrected chi connectivity index (χ0v) is 9.98. The molecule has 1 aromatic carbocycles. The number of aryl methyl sites for hydroxylation is 1. The second-order valence-corrected chi connectivity index (χ2v) is 4.07. The summed E-state index contributed by atoms with van der Waals surface area (Å²) in [5.41, 5.74) is 1.68. The molecule has 1 N–H and O–H groups in total. The molecule has 1 aliphatic rings. The van der Waals surface area contributed by atoms with Crippen LogP contribution in [0.4, 0.5) is 5.69 Å². The molecule has 0 atom stereocenters. The zero-order chi connectivity index (χ0) is 12.3. The Morgan fingerprint density at radius 1 is 1.53 bits per heavy atom. The Morgan fingerprint density at radius 2 is 2.35 bits per heavy atom. The molecule has 1 aromatic rings. The summed E-state index contributed by atoms with van der Waals surface area (Å²) < 4.78 is 5.13. The van der Waals surface area contributed by atoms with Crippen molar-refractivity contribution in [2.45, 2.75) is 19.8 Å². The largest absolute Gasteiger partial charge is 0.506 e. The first-order chi connectivity index (χ1) is 8.24. The molecule has 0 bridgehead atoms. The van der Waals surface area contributed by atoms with Gasteiger partial charge >= 0.3 is 0 Å². The van der Waals surface area contributed by atoms with E-state index in [4.69, 9.17) is 4.74 Å². The average Bonchev–Trinajstić information content (AvgIpc) is 2.35. The fraction of sp³-hybridized carbons (Fsp3) is 0.462. The van der Waals surface area contributed by atoms with Gasteiger partial charge in [0.2, 0.25) is 0 Å². The molecule has 0 radical (unpaired) electrons. The van der Waals surface area contributed by atoms with Gasteiger partial charge in [0.15, 0.2) is 0 Å². The van der Waals surface area contributed by atoms with Crippen molar-refractivity contribution in [3.63, 3.8) is 0 Å². The number of phenols is 1. The number of nitrogens with zero attached hydrogens (tertiary/aromatic N) is 1. The van der Waals surface area contributed by atoms with Gasteiger partial charge in [0, 0.05) is 13.2 Å². The second kappa shape index (κ2) is 5.19. The summed E-state index contributed by atoms with van der Waals surface area (Å²) in [5.74, 6) is 0.0846. The van der Waals surface area contributed by atoms with Crippen molar-refractivity contribution < 1.29 is 14.6 Å². The summed E-state index contributed by atoms with van der Waals surface area (Å²) in [7, 11) is 0. The molecule has 92 valence electrons. The lowest BCUT2D eigenvalue weighted by molar-refractivity contribution is -0.123. The molecule has 2 rings (SSSR count). The van der Waals surface area contributed by atoms with E-state index in [2.05, 4.69) is 0 Å². The van der Waals surface area contributed by atoms with Crippen molar-refractivity contribution in [3.8, 4) is 5.75 Å². The van der Waals surface area contributed by atoms with Crippen LogP contribution in [0.2, 0.25) is 0 Å². The van der Waals surface area contributed by atoms with Gasteiger partial charge in [0.1, 0.15) is 12.4 Å². The third-order valence-corrected chi connectivity index (χ3v) is 2.93. The third-order valence-electron chi connectivity index (χ3n) is 2.93. The molecule has 4 nitrogen and oxygen atoms in total. The number of para-hydroxylation sites is 1. The van der Waals surface area contributed by atoms with Crippen LogP contribution in [0.25, 0.3) is 0 Å². The van der Waals surface area contributed by atoms with Crippen molar-refractivity contribution >= 4 is 11.6 Å². The van der Waals surface area contributed by atoms with Crippen LogP contribution >= 0.6 is 0 Å². The van der Waals surface area contributed by atoms with Gasteiger partial charge in [-0.2, -0.15) is 0 Å². The lowest BCUT2D eigenvalue weighted by Gasteiger charge is -2.30. The van der Waals surface area contributed by atoms with E-state index < -0.39 is 0 Å². The number of ether oxygens (including phenoxy) is 1. The maximum atomic E-state index is 12.0. The van der Waals surface area contributed by atoms with Crippen LogP contribution in [-0.4, -0.2) is 30.8 Å². The number of carbonyl (C=O) groups excluding carboxylic acids is 1. The maximum absolute atomic E-state index is 12.0. The quantitative estimate of drug-likeness (QED) is 0.867. The molecule has 0 saturated carbocycles. The molecule has 1 aliphatic heterocycles. The lowest BCUT2D eigenvalue weighted by atomic mass is 10.0. The Balaban J connectivity index is 2.25. The highest BCUT2D eigenvalue weighted by Gasteiger charge is 2.24. The van der Waals surface area contributed by atoms with Crippen molar-refractivity contribution in [2.75, 3.05) is 24.7 Å². The Bertz CT molecular complexity index is 417. The third kappa shape index (κ3) is 2.42. The summed E-state index contributed by atoms with van der Waals surface area (Å²) in [6.45, 7) is 3.10. The van der Waals surface area contributed by atoms with E-state index >= 15 is 0 Å². The van der Waals surface area contributed by atoms with Gasteiger partial charge in [0.25, 0.3) is 5.91 Å². The summed E-state index contributed by atoms with van der Waals surface area (Å²) >= 11 is 0.